The monoisotopic (exact) mass is 153 g/mol. The van der Waals surface area contributed by atoms with Crippen molar-refractivity contribution in [1.82, 2.24) is 9.78 Å². The Balaban J connectivity index is 2.65. The van der Waals surface area contributed by atoms with Crippen LogP contribution in [0.4, 0.5) is 0 Å². The van der Waals surface area contributed by atoms with Crippen molar-refractivity contribution in [3.8, 4) is 0 Å². The van der Waals surface area contributed by atoms with Crippen molar-refractivity contribution in [2.75, 3.05) is 0 Å². The maximum atomic E-state index is 5.84. The van der Waals surface area contributed by atoms with Gasteiger partial charge in [-0.05, 0) is 25.8 Å². The third kappa shape index (κ3) is 2.72. The van der Waals surface area contributed by atoms with Crippen molar-refractivity contribution in [2.45, 2.75) is 25.8 Å². The Labute approximate surface area is 67.2 Å². The van der Waals surface area contributed by atoms with Crippen LogP contribution in [0.5, 0.6) is 0 Å². The van der Waals surface area contributed by atoms with E-state index >= 15 is 0 Å². The Kier molecular flexibility index (Phi) is 2.00. The number of aromatic nitrogens is 2. The van der Waals surface area contributed by atoms with Gasteiger partial charge in [-0.25, -0.2) is 0 Å². The summed E-state index contributed by atoms with van der Waals surface area (Å²) in [6, 6.07) is 0. The first-order chi connectivity index (χ1) is 4.97. The highest BCUT2D eigenvalue weighted by molar-refractivity contribution is 5.07. The molecule has 0 aliphatic rings. The molecule has 0 spiro atoms. The zero-order valence-electron chi connectivity index (χ0n) is 7.33. The minimum Gasteiger partial charge on any atom is -0.325 e. The Hall–Kier alpha value is -0.830. The quantitative estimate of drug-likeness (QED) is 0.679. The molecule has 0 aliphatic heterocycles. The Morgan fingerprint density at radius 2 is 2.27 bits per heavy atom. The van der Waals surface area contributed by atoms with Gasteiger partial charge in [-0.2, -0.15) is 5.10 Å². The van der Waals surface area contributed by atoms with Gasteiger partial charge in [0.2, 0.25) is 0 Å². The van der Waals surface area contributed by atoms with Crippen molar-refractivity contribution >= 4 is 0 Å². The van der Waals surface area contributed by atoms with Crippen LogP contribution in [0.3, 0.4) is 0 Å². The fourth-order valence-corrected chi connectivity index (χ4v) is 1.09. The van der Waals surface area contributed by atoms with Crippen LogP contribution in [0, 0.1) is 0 Å². The molecular formula is C8H15N3. The highest BCUT2D eigenvalue weighted by atomic mass is 15.2. The van der Waals surface area contributed by atoms with Crippen LogP contribution in [0.1, 0.15) is 19.4 Å². The molecule has 0 aliphatic carbocycles. The lowest BCUT2D eigenvalue weighted by Gasteiger charge is -2.16. The van der Waals surface area contributed by atoms with Gasteiger partial charge in [0.1, 0.15) is 0 Å². The molecule has 11 heavy (non-hydrogen) atoms. The van der Waals surface area contributed by atoms with Crippen molar-refractivity contribution in [2.24, 2.45) is 12.8 Å². The van der Waals surface area contributed by atoms with E-state index in [-0.39, 0.29) is 5.54 Å². The van der Waals surface area contributed by atoms with Crippen LogP contribution in [0.25, 0.3) is 0 Å². The summed E-state index contributed by atoms with van der Waals surface area (Å²) in [6.45, 7) is 4.03. The molecule has 0 aromatic carbocycles. The molecule has 0 amide bonds. The first kappa shape index (κ1) is 8.27. The van der Waals surface area contributed by atoms with E-state index in [0.29, 0.717) is 0 Å². The Morgan fingerprint density at radius 3 is 2.64 bits per heavy atom. The second-order valence-corrected chi connectivity index (χ2v) is 3.69. The van der Waals surface area contributed by atoms with Crippen molar-refractivity contribution in [1.29, 1.82) is 0 Å². The second kappa shape index (κ2) is 2.66. The standard InChI is InChI=1S/C8H15N3/c1-8(2,9)4-7-5-10-11(3)6-7/h5-6H,4,9H2,1-3H3. The molecule has 3 nitrogen and oxygen atoms in total. The molecule has 1 heterocycles. The maximum absolute atomic E-state index is 5.84. The molecule has 1 aromatic heterocycles. The summed E-state index contributed by atoms with van der Waals surface area (Å²) in [7, 11) is 1.91. The predicted octanol–water partition coefficient (Wildman–Crippen LogP) is 0.700. The molecule has 0 bridgehead atoms. The first-order valence-electron chi connectivity index (χ1n) is 3.74. The normalized spacial score (nSPS) is 12.0. The van der Waals surface area contributed by atoms with Crippen molar-refractivity contribution in [3.63, 3.8) is 0 Å². The van der Waals surface area contributed by atoms with Gasteiger partial charge in [0, 0.05) is 18.8 Å². The highest BCUT2D eigenvalue weighted by Gasteiger charge is 2.11. The van der Waals surface area contributed by atoms with Gasteiger partial charge in [-0.3, -0.25) is 4.68 Å². The average molecular weight is 153 g/mol. The van der Waals surface area contributed by atoms with E-state index in [1.165, 1.54) is 5.56 Å². The molecular weight excluding hydrogens is 138 g/mol. The lowest BCUT2D eigenvalue weighted by Crippen LogP contribution is -2.34. The fourth-order valence-electron chi connectivity index (χ4n) is 1.09. The summed E-state index contributed by atoms with van der Waals surface area (Å²) in [5.74, 6) is 0. The van der Waals surface area contributed by atoms with Gasteiger partial charge >= 0.3 is 0 Å². The molecule has 0 fully saturated rings. The molecule has 0 saturated carbocycles. The van der Waals surface area contributed by atoms with E-state index < -0.39 is 0 Å². The molecule has 1 aromatic rings. The van der Waals surface area contributed by atoms with E-state index in [1.54, 1.807) is 4.68 Å². The SMILES string of the molecule is Cn1cc(CC(C)(C)N)cn1. The minimum atomic E-state index is -0.136. The summed E-state index contributed by atoms with van der Waals surface area (Å²) < 4.78 is 1.79. The van der Waals surface area contributed by atoms with Gasteiger partial charge in [0.15, 0.2) is 0 Å². The van der Waals surface area contributed by atoms with Crippen LogP contribution in [-0.2, 0) is 13.5 Å². The highest BCUT2D eigenvalue weighted by Crippen LogP contribution is 2.07. The van der Waals surface area contributed by atoms with Crippen molar-refractivity contribution in [3.05, 3.63) is 18.0 Å². The number of nitrogens with two attached hydrogens (primary N) is 1. The third-order valence-corrected chi connectivity index (χ3v) is 1.42. The second-order valence-electron chi connectivity index (χ2n) is 3.69. The summed E-state index contributed by atoms with van der Waals surface area (Å²) in [5, 5.41) is 4.06. The van der Waals surface area contributed by atoms with Crippen LogP contribution in [0.2, 0.25) is 0 Å². The van der Waals surface area contributed by atoms with E-state index in [1.807, 2.05) is 33.3 Å². The average Bonchev–Trinajstić information content (AvgIpc) is 2.10. The van der Waals surface area contributed by atoms with Gasteiger partial charge in [0.05, 0.1) is 6.20 Å². The molecule has 0 saturated heterocycles. The zero-order chi connectivity index (χ0) is 8.48. The van der Waals surface area contributed by atoms with Crippen molar-refractivity contribution < 1.29 is 0 Å². The van der Waals surface area contributed by atoms with E-state index in [4.69, 9.17) is 5.73 Å². The number of rotatable bonds is 2. The van der Waals surface area contributed by atoms with Crippen LogP contribution < -0.4 is 5.73 Å². The summed E-state index contributed by atoms with van der Waals surface area (Å²) in [4.78, 5) is 0. The van der Waals surface area contributed by atoms with Gasteiger partial charge in [0.25, 0.3) is 0 Å². The number of hydrogen-bond acceptors (Lipinski definition) is 2. The lowest BCUT2D eigenvalue weighted by molar-refractivity contribution is 0.516. The predicted molar refractivity (Wildman–Crippen MR) is 45.2 cm³/mol. The van der Waals surface area contributed by atoms with E-state index in [9.17, 15) is 0 Å². The minimum absolute atomic E-state index is 0.136. The lowest BCUT2D eigenvalue weighted by atomic mass is 9.99. The first-order valence-corrected chi connectivity index (χ1v) is 3.74. The van der Waals surface area contributed by atoms with Crippen LogP contribution in [-0.4, -0.2) is 15.3 Å². The third-order valence-electron chi connectivity index (χ3n) is 1.42. The smallest absolute Gasteiger partial charge is 0.0522 e. The van der Waals surface area contributed by atoms with Gasteiger partial charge < -0.3 is 5.73 Å². The number of hydrogen-bond donors (Lipinski definition) is 1. The molecule has 0 radical (unpaired) electrons. The van der Waals surface area contributed by atoms with Gasteiger partial charge in [-0.1, -0.05) is 0 Å². The fraction of sp³-hybridized carbons (Fsp3) is 0.625. The maximum Gasteiger partial charge on any atom is 0.0522 e. The largest absolute Gasteiger partial charge is 0.325 e. The van der Waals surface area contributed by atoms with Crippen LogP contribution >= 0.6 is 0 Å². The zero-order valence-corrected chi connectivity index (χ0v) is 7.33. The van der Waals surface area contributed by atoms with Crippen LogP contribution in [0.15, 0.2) is 12.4 Å². The topological polar surface area (TPSA) is 43.8 Å². The molecule has 3 heteroatoms. The number of aryl methyl sites for hydroxylation is 1. The Bertz CT molecular complexity index is 232. The van der Waals surface area contributed by atoms with E-state index in [2.05, 4.69) is 5.10 Å². The molecule has 62 valence electrons. The molecule has 0 unspecified atom stereocenters. The summed E-state index contributed by atoms with van der Waals surface area (Å²) >= 11 is 0. The number of nitrogens with zero attached hydrogens (tertiary/aromatic N) is 2. The molecule has 1 rings (SSSR count). The Morgan fingerprint density at radius 1 is 1.64 bits per heavy atom. The van der Waals surface area contributed by atoms with Gasteiger partial charge in [-0.15, -0.1) is 0 Å². The summed E-state index contributed by atoms with van der Waals surface area (Å²) in [6.07, 6.45) is 4.73. The molecule has 0 atom stereocenters. The van der Waals surface area contributed by atoms with E-state index in [0.717, 1.165) is 6.42 Å². The summed E-state index contributed by atoms with van der Waals surface area (Å²) in [5.41, 5.74) is 6.90. The molecule has 2 N–H and O–H groups in total.